The summed E-state index contributed by atoms with van der Waals surface area (Å²) in [6, 6.07) is 13.1. The van der Waals surface area contributed by atoms with Crippen LogP contribution in [-0.2, 0) is 4.74 Å². The second-order valence-electron chi connectivity index (χ2n) is 6.15. The Morgan fingerprint density at radius 1 is 1.17 bits per heavy atom. The van der Waals surface area contributed by atoms with Gasteiger partial charge >= 0.3 is 5.97 Å². The Balaban J connectivity index is 2.04. The van der Waals surface area contributed by atoms with Crippen molar-refractivity contribution in [2.24, 2.45) is 0 Å². The van der Waals surface area contributed by atoms with Gasteiger partial charge in [0.1, 0.15) is 10.6 Å². The van der Waals surface area contributed by atoms with Crippen molar-refractivity contribution in [3.8, 4) is 11.1 Å². The Labute approximate surface area is 171 Å². The highest BCUT2D eigenvalue weighted by atomic mass is 32.1. The van der Waals surface area contributed by atoms with Gasteiger partial charge in [-0.3, -0.25) is 14.9 Å². The summed E-state index contributed by atoms with van der Waals surface area (Å²) >= 11 is 1.17. The Morgan fingerprint density at radius 3 is 2.62 bits per heavy atom. The number of nitro groups is 1. The van der Waals surface area contributed by atoms with E-state index in [9.17, 15) is 19.7 Å². The van der Waals surface area contributed by atoms with Crippen LogP contribution in [0.2, 0.25) is 0 Å². The molecular formula is C21H18N2O5S. The van der Waals surface area contributed by atoms with E-state index in [-0.39, 0.29) is 23.8 Å². The first-order valence-corrected chi connectivity index (χ1v) is 9.70. The lowest BCUT2D eigenvalue weighted by Crippen LogP contribution is -2.15. The SMILES string of the molecule is CCOC(=O)c1c(-c2cccc([N+](=O)[O-])c2)csc1NC(=O)c1ccccc1C. The van der Waals surface area contributed by atoms with Crippen LogP contribution >= 0.6 is 11.3 Å². The lowest BCUT2D eigenvalue weighted by atomic mass is 10.0. The first kappa shape index (κ1) is 20.2. The van der Waals surface area contributed by atoms with Crippen molar-refractivity contribution in [3.63, 3.8) is 0 Å². The van der Waals surface area contributed by atoms with E-state index >= 15 is 0 Å². The highest BCUT2D eigenvalue weighted by molar-refractivity contribution is 7.15. The molecule has 148 valence electrons. The molecule has 3 aromatic rings. The number of hydrogen-bond acceptors (Lipinski definition) is 6. The zero-order chi connectivity index (χ0) is 21.0. The predicted molar refractivity (Wildman–Crippen MR) is 111 cm³/mol. The van der Waals surface area contributed by atoms with E-state index in [0.717, 1.165) is 5.56 Å². The molecule has 0 aliphatic carbocycles. The van der Waals surface area contributed by atoms with Crippen LogP contribution in [0.25, 0.3) is 11.1 Å². The third kappa shape index (κ3) is 4.33. The van der Waals surface area contributed by atoms with Gasteiger partial charge in [0.15, 0.2) is 0 Å². The average Bonchev–Trinajstić information content (AvgIpc) is 3.12. The zero-order valence-electron chi connectivity index (χ0n) is 15.8. The summed E-state index contributed by atoms with van der Waals surface area (Å²) in [5, 5.41) is 15.9. The van der Waals surface area contributed by atoms with Gasteiger partial charge in [-0.2, -0.15) is 0 Å². The average molecular weight is 410 g/mol. The molecule has 0 unspecified atom stereocenters. The van der Waals surface area contributed by atoms with E-state index in [1.807, 2.05) is 19.1 Å². The molecule has 0 saturated carbocycles. The summed E-state index contributed by atoms with van der Waals surface area (Å²) in [5.41, 5.74) is 2.35. The van der Waals surface area contributed by atoms with E-state index in [0.29, 0.717) is 21.7 Å². The number of rotatable bonds is 6. The maximum Gasteiger partial charge on any atom is 0.341 e. The number of non-ortho nitro benzene ring substituents is 1. The number of nitro benzene ring substituents is 1. The number of thiophene rings is 1. The molecule has 1 N–H and O–H groups in total. The predicted octanol–water partition coefficient (Wildman–Crippen LogP) is 5.06. The minimum Gasteiger partial charge on any atom is -0.462 e. The fourth-order valence-electron chi connectivity index (χ4n) is 2.85. The van der Waals surface area contributed by atoms with Crippen molar-refractivity contribution < 1.29 is 19.2 Å². The van der Waals surface area contributed by atoms with Gasteiger partial charge in [-0.1, -0.05) is 30.3 Å². The minimum absolute atomic E-state index is 0.0889. The number of benzene rings is 2. The van der Waals surface area contributed by atoms with Crippen LogP contribution in [0.5, 0.6) is 0 Å². The summed E-state index contributed by atoms with van der Waals surface area (Å²) in [4.78, 5) is 35.9. The fourth-order valence-corrected chi connectivity index (χ4v) is 3.81. The van der Waals surface area contributed by atoms with E-state index < -0.39 is 10.9 Å². The molecule has 0 fully saturated rings. The summed E-state index contributed by atoms with van der Waals surface area (Å²) in [6.07, 6.45) is 0. The van der Waals surface area contributed by atoms with Crippen molar-refractivity contribution in [2.45, 2.75) is 13.8 Å². The third-order valence-corrected chi connectivity index (χ3v) is 5.15. The smallest absolute Gasteiger partial charge is 0.341 e. The van der Waals surface area contributed by atoms with E-state index in [2.05, 4.69) is 5.32 Å². The number of esters is 1. The number of aryl methyl sites for hydroxylation is 1. The van der Waals surface area contributed by atoms with Gasteiger partial charge in [-0.15, -0.1) is 11.3 Å². The summed E-state index contributed by atoms with van der Waals surface area (Å²) in [7, 11) is 0. The highest BCUT2D eigenvalue weighted by Gasteiger charge is 2.24. The van der Waals surface area contributed by atoms with E-state index in [4.69, 9.17) is 4.74 Å². The summed E-state index contributed by atoms with van der Waals surface area (Å²) < 4.78 is 5.16. The van der Waals surface area contributed by atoms with Crippen LogP contribution in [0.1, 0.15) is 33.2 Å². The lowest BCUT2D eigenvalue weighted by Gasteiger charge is -2.10. The first-order valence-electron chi connectivity index (χ1n) is 8.82. The quantitative estimate of drug-likeness (QED) is 0.348. The molecule has 0 aliphatic rings. The molecule has 2 aromatic carbocycles. The normalized spacial score (nSPS) is 10.4. The van der Waals surface area contributed by atoms with E-state index in [1.54, 1.807) is 36.6 Å². The maximum atomic E-state index is 12.7. The van der Waals surface area contributed by atoms with Gasteiger partial charge in [0.2, 0.25) is 0 Å². The standard InChI is InChI=1S/C21H18N2O5S/c1-3-28-21(25)18-17(14-8-6-9-15(11-14)23(26)27)12-29-20(18)22-19(24)16-10-5-4-7-13(16)2/h4-12H,3H2,1-2H3,(H,22,24). The Morgan fingerprint density at radius 2 is 1.93 bits per heavy atom. The van der Waals surface area contributed by atoms with Gasteiger partial charge < -0.3 is 10.1 Å². The van der Waals surface area contributed by atoms with Crippen LogP contribution in [0.15, 0.2) is 53.9 Å². The van der Waals surface area contributed by atoms with Gasteiger partial charge in [0, 0.05) is 28.6 Å². The third-order valence-electron chi connectivity index (χ3n) is 4.26. The topological polar surface area (TPSA) is 98.5 Å². The highest BCUT2D eigenvalue weighted by Crippen LogP contribution is 2.37. The van der Waals surface area contributed by atoms with Crippen LogP contribution in [-0.4, -0.2) is 23.4 Å². The molecule has 8 heteroatoms. The molecule has 1 aromatic heterocycles. The van der Waals surface area contributed by atoms with Gasteiger partial charge in [0.05, 0.1) is 11.5 Å². The largest absolute Gasteiger partial charge is 0.462 e. The Hall–Kier alpha value is -3.52. The lowest BCUT2D eigenvalue weighted by molar-refractivity contribution is -0.384. The van der Waals surface area contributed by atoms with Crippen LogP contribution in [0, 0.1) is 17.0 Å². The van der Waals surface area contributed by atoms with Crippen LogP contribution in [0.4, 0.5) is 10.7 Å². The number of nitrogens with zero attached hydrogens (tertiary/aromatic N) is 1. The Kier molecular flexibility index (Phi) is 6.04. The number of carbonyl (C=O) groups is 2. The van der Waals surface area contributed by atoms with Gasteiger partial charge in [0.25, 0.3) is 11.6 Å². The number of nitrogens with one attached hydrogen (secondary N) is 1. The number of amides is 1. The molecular weight excluding hydrogens is 392 g/mol. The minimum atomic E-state index is -0.602. The van der Waals surface area contributed by atoms with Crippen molar-refractivity contribution in [1.82, 2.24) is 0 Å². The van der Waals surface area contributed by atoms with E-state index in [1.165, 1.54) is 23.5 Å². The molecule has 0 saturated heterocycles. The summed E-state index contributed by atoms with van der Waals surface area (Å²) in [6.45, 7) is 3.67. The number of hydrogen-bond donors (Lipinski definition) is 1. The van der Waals surface area contributed by atoms with Gasteiger partial charge in [-0.25, -0.2) is 4.79 Å². The zero-order valence-corrected chi connectivity index (χ0v) is 16.6. The molecule has 1 heterocycles. The van der Waals surface area contributed by atoms with Crippen molar-refractivity contribution in [1.29, 1.82) is 0 Å². The molecule has 7 nitrogen and oxygen atoms in total. The second kappa shape index (κ2) is 8.66. The Bertz CT molecular complexity index is 1090. The van der Waals surface area contributed by atoms with Crippen LogP contribution in [0.3, 0.4) is 0 Å². The van der Waals surface area contributed by atoms with Crippen LogP contribution < -0.4 is 5.32 Å². The summed E-state index contributed by atoms with van der Waals surface area (Å²) in [5.74, 6) is -0.948. The molecule has 0 aliphatic heterocycles. The molecule has 0 spiro atoms. The molecule has 0 atom stereocenters. The number of anilines is 1. The molecule has 1 amide bonds. The molecule has 0 bridgehead atoms. The number of ether oxygens (including phenoxy) is 1. The van der Waals surface area contributed by atoms with Gasteiger partial charge in [-0.05, 0) is 31.0 Å². The first-order chi connectivity index (χ1) is 13.9. The maximum absolute atomic E-state index is 12.7. The monoisotopic (exact) mass is 410 g/mol. The second-order valence-corrected chi connectivity index (χ2v) is 7.03. The number of carbonyl (C=O) groups excluding carboxylic acids is 2. The fraction of sp³-hybridized carbons (Fsp3) is 0.143. The van der Waals surface area contributed by atoms with Crippen molar-refractivity contribution in [2.75, 3.05) is 11.9 Å². The van der Waals surface area contributed by atoms with Crippen molar-refractivity contribution >= 4 is 33.9 Å². The molecule has 29 heavy (non-hydrogen) atoms. The van der Waals surface area contributed by atoms with Crippen molar-refractivity contribution in [3.05, 3.63) is 80.7 Å². The molecule has 3 rings (SSSR count). The molecule has 0 radical (unpaired) electrons.